The molecule has 17 heavy (non-hydrogen) atoms. The Balaban J connectivity index is 3.51. The number of ether oxygens (including phenoxy) is 3. The maximum atomic E-state index is 9.04. The van der Waals surface area contributed by atoms with E-state index >= 15 is 0 Å². The third-order valence-electron chi connectivity index (χ3n) is 2.11. The molecule has 0 aliphatic rings. The van der Waals surface area contributed by atoms with Gasteiger partial charge in [0.05, 0.1) is 50.8 Å². The van der Waals surface area contributed by atoms with Gasteiger partial charge in [0, 0.05) is 0 Å². The maximum Gasteiger partial charge on any atom is 0.0781 e. The molecule has 0 saturated heterocycles. The molecule has 104 valence electrons. The summed E-state index contributed by atoms with van der Waals surface area (Å²) in [7, 11) is 0. The lowest BCUT2D eigenvalue weighted by Gasteiger charge is -2.19. The van der Waals surface area contributed by atoms with Crippen molar-refractivity contribution in [2.75, 3.05) is 26.4 Å². The van der Waals surface area contributed by atoms with Gasteiger partial charge in [-0.05, 0) is 27.7 Å². The predicted molar refractivity (Wildman–Crippen MR) is 65.0 cm³/mol. The Labute approximate surface area is 104 Å². The summed E-state index contributed by atoms with van der Waals surface area (Å²) in [6, 6.07) is 0. The summed E-state index contributed by atoms with van der Waals surface area (Å²) in [5.74, 6) is 0. The third kappa shape index (κ3) is 10.7. The summed E-state index contributed by atoms with van der Waals surface area (Å²) in [6.45, 7) is 8.53. The van der Waals surface area contributed by atoms with Gasteiger partial charge in [-0.1, -0.05) is 0 Å². The molecule has 4 atom stereocenters. The lowest BCUT2D eigenvalue weighted by Crippen LogP contribution is -2.27. The van der Waals surface area contributed by atoms with Crippen LogP contribution in [-0.4, -0.2) is 61.1 Å². The summed E-state index contributed by atoms with van der Waals surface area (Å²) in [5, 5.41) is 17.8. The monoisotopic (exact) mass is 250 g/mol. The van der Waals surface area contributed by atoms with Crippen molar-refractivity contribution in [1.29, 1.82) is 0 Å². The molecule has 0 radical (unpaired) electrons. The summed E-state index contributed by atoms with van der Waals surface area (Å²) in [4.78, 5) is 0. The molecule has 0 aromatic rings. The van der Waals surface area contributed by atoms with Crippen molar-refractivity contribution >= 4 is 0 Å². The molecule has 0 aliphatic heterocycles. The van der Waals surface area contributed by atoms with Crippen molar-refractivity contribution in [2.45, 2.75) is 52.1 Å². The van der Waals surface area contributed by atoms with Gasteiger partial charge in [-0.15, -0.1) is 0 Å². The van der Waals surface area contributed by atoms with E-state index in [-0.39, 0.29) is 24.9 Å². The van der Waals surface area contributed by atoms with Crippen LogP contribution >= 0.6 is 0 Å². The Hall–Kier alpha value is -0.200. The second-order valence-electron chi connectivity index (χ2n) is 4.46. The van der Waals surface area contributed by atoms with Crippen LogP contribution in [0.2, 0.25) is 0 Å². The van der Waals surface area contributed by atoms with Crippen LogP contribution < -0.4 is 0 Å². The lowest BCUT2D eigenvalue weighted by molar-refractivity contribution is -0.0825. The molecule has 0 amide bonds. The van der Waals surface area contributed by atoms with Gasteiger partial charge in [-0.25, -0.2) is 0 Å². The Morgan fingerprint density at radius 1 is 0.765 bits per heavy atom. The zero-order valence-corrected chi connectivity index (χ0v) is 11.3. The fourth-order valence-corrected chi connectivity index (χ4v) is 1.05. The quantitative estimate of drug-likeness (QED) is 0.593. The first-order chi connectivity index (χ1) is 7.95. The summed E-state index contributed by atoms with van der Waals surface area (Å²) >= 11 is 0. The first kappa shape index (κ1) is 16.8. The highest BCUT2D eigenvalue weighted by Crippen LogP contribution is 2.00. The van der Waals surface area contributed by atoms with Crippen LogP contribution in [-0.2, 0) is 14.2 Å². The Kier molecular flexibility index (Phi) is 9.68. The smallest absolute Gasteiger partial charge is 0.0781 e. The first-order valence-corrected chi connectivity index (χ1v) is 6.09. The lowest BCUT2D eigenvalue weighted by atomic mass is 10.3. The van der Waals surface area contributed by atoms with E-state index in [9.17, 15) is 0 Å². The van der Waals surface area contributed by atoms with Crippen molar-refractivity contribution in [3.05, 3.63) is 0 Å². The van der Waals surface area contributed by atoms with E-state index < -0.39 is 6.10 Å². The fraction of sp³-hybridized carbons (Fsp3) is 1.00. The molecular formula is C12H26O5. The van der Waals surface area contributed by atoms with Crippen LogP contribution in [0.5, 0.6) is 0 Å². The number of aliphatic hydroxyl groups excluding tert-OH is 2. The molecule has 5 nitrogen and oxygen atoms in total. The van der Waals surface area contributed by atoms with Gasteiger partial charge in [0.15, 0.2) is 0 Å². The van der Waals surface area contributed by atoms with E-state index in [0.29, 0.717) is 19.8 Å². The number of rotatable bonds is 10. The summed E-state index contributed by atoms with van der Waals surface area (Å²) < 4.78 is 16.2. The molecule has 0 unspecified atom stereocenters. The van der Waals surface area contributed by atoms with Crippen LogP contribution in [0.25, 0.3) is 0 Å². The maximum absolute atomic E-state index is 9.04. The minimum absolute atomic E-state index is 0.0145. The first-order valence-electron chi connectivity index (χ1n) is 6.09. The van der Waals surface area contributed by atoms with Crippen molar-refractivity contribution in [3.8, 4) is 0 Å². The number of aliphatic hydroxyl groups is 2. The average Bonchev–Trinajstić information content (AvgIpc) is 2.30. The molecular weight excluding hydrogens is 224 g/mol. The standard InChI is InChI=1S/C12H26O5/c1-9(14)6-15-11(3)8-17-12(4)7-16-10(2)5-13/h9-14H,5-8H2,1-4H3/t9-,10+,11+,12+/m0/s1. The highest BCUT2D eigenvalue weighted by Gasteiger charge is 2.09. The van der Waals surface area contributed by atoms with Crippen LogP contribution in [0.3, 0.4) is 0 Å². The Morgan fingerprint density at radius 3 is 1.59 bits per heavy atom. The molecule has 2 N–H and O–H groups in total. The van der Waals surface area contributed by atoms with Crippen molar-refractivity contribution in [2.24, 2.45) is 0 Å². The highest BCUT2D eigenvalue weighted by molar-refractivity contribution is 4.55. The van der Waals surface area contributed by atoms with E-state index in [2.05, 4.69) is 0 Å². The molecule has 0 aliphatic carbocycles. The molecule has 0 aromatic carbocycles. The molecule has 0 rings (SSSR count). The molecule has 0 fully saturated rings. The SMILES string of the molecule is C[C@H](O)CO[C@H](C)CO[C@H](C)CO[C@H](C)CO. The van der Waals surface area contributed by atoms with E-state index in [1.165, 1.54) is 0 Å². The highest BCUT2D eigenvalue weighted by atomic mass is 16.6. The minimum Gasteiger partial charge on any atom is -0.394 e. The van der Waals surface area contributed by atoms with E-state index in [1.54, 1.807) is 13.8 Å². The molecule has 0 spiro atoms. The van der Waals surface area contributed by atoms with Gasteiger partial charge in [0.25, 0.3) is 0 Å². The van der Waals surface area contributed by atoms with E-state index in [1.807, 2.05) is 13.8 Å². The minimum atomic E-state index is -0.455. The normalized spacial score (nSPS) is 18.7. The largest absolute Gasteiger partial charge is 0.394 e. The topological polar surface area (TPSA) is 68.2 Å². The molecule has 0 heterocycles. The van der Waals surface area contributed by atoms with Crippen LogP contribution in [0.15, 0.2) is 0 Å². The second-order valence-corrected chi connectivity index (χ2v) is 4.46. The Bertz CT molecular complexity index is 174. The van der Waals surface area contributed by atoms with Crippen molar-refractivity contribution in [3.63, 3.8) is 0 Å². The van der Waals surface area contributed by atoms with Gasteiger partial charge < -0.3 is 24.4 Å². The summed E-state index contributed by atoms with van der Waals surface area (Å²) in [5.41, 5.74) is 0. The number of hydrogen-bond acceptors (Lipinski definition) is 5. The van der Waals surface area contributed by atoms with Gasteiger partial charge in [0.1, 0.15) is 0 Å². The average molecular weight is 250 g/mol. The summed E-state index contributed by atoms with van der Waals surface area (Å²) in [6.07, 6.45) is -0.711. The van der Waals surface area contributed by atoms with Gasteiger partial charge in [-0.2, -0.15) is 0 Å². The zero-order valence-electron chi connectivity index (χ0n) is 11.3. The third-order valence-corrected chi connectivity index (χ3v) is 2.11. The van der Waals surface area contributed by atoms with E-state index in [4.69, 9.17) is 24.4 Å². The van der Waals surface area contributed by atoms with Crippen LogP contribution in [0.1, 0.15) is 27.7 Å². The molecule has 0 aromatic heterocycles. The fourth-order valence-electron chi connectivity index (χ4n) is 1.05. The van der Waals surface area contributed by atoms with E-state index in [0.717, 1.165) is 0 Å². The zero-order chi connectivity index (χ0) is 13.3. The molecule has 5 heteroatoms. The van der Waals surface area contributed by atoms with Gasteiger partial charge >= 0.3 is 0 Å². The van der Waals surface area contributed by atoms with Crippen molar-refractivity contribution < 1.29 is 24.4 Å². The predicted octanol–water partition coefficient (Wildman–Crippen LogP) is 0.575. The second kappa shape index (κ2) is 9.79. The van der Waals surface area contributed by atoms with Crippen LogP contribution in [0, 0.1) is 0 Å². The Morgan fingerprint density at radius 2 is 1.18 bits per heavy atom. The molecule has 0 bridgehead atoms. The molecule has 0 saturated carbocycles. The van der Waals surface area contributed by atoms with Crippen LogP contribution in [0.4, 0.5) is 0 Å². The van der Waals surface area contributed by atoms with Gasteiger partial charge in [-0.3, -0.25) is 0 Å². The van der Waals surface area contributed by atoms with Gasteiger partial charge in [0.2, 0.25) is 0 Å². The number of hydrogen-bond donors (Lipinski definition) is 2. The van der Waals surface area contributed by atoms with Crippen molar-refractivity contribution in [1.82, 2.24) is 0 Å².